The first kappa shape index (κ1) is 31.9. The summed E-state index contributed by atoms with van der Waals surface area (Å²) in [5.41, 5.74) is -1.20. The van der Waals surface area contributed by atoms with Crippen LogP contribution in [0.15, 0.2) is 24.3 Å². The molecule has 5 amide bonds. The van der Waals surface area contributed by atoms with E-state index in [1.54, 1.807) is 36.1 Å². The summed E-state index contributed by atoms with van der Waals surface area (Å²) in [4.78, 5) is 70.5. The van der Waals surface area contributed by atoms with Crippen LogP contribution in [0.5, 0.6) is 5.75 Å². The third kappa shape index (κ3) is 8.42. The number of hydrogen-bond acceptors (Lipinski definition) is 7. The van der Waals surface area contributed by atoms with Crippen molar-refractivity contribution in [3.8, 4) is 5.75 Å². The minimum Gasteiger partial charge on any atom is -0.491 e. The number of hydrogen-bond donors (Lipinski definition) is 4. The van der Waals surface area contributed by atoms with Crippen LogP contribution in [0.4, 0.5) is 0 Å². The first-order chi connectivity index (χ1) is 19.3. The molecule has 1 saturated heterocycles. The maximum Gasteiger partial charge on any atom is 0.255 e. The van der Waals surface area contributed by atoms with Gasteiger partial charge in [-0.15, -0.1) is 0 Å². The maximum atomic E-state index is 13.6. The SMILES string of the molecule is CCN1CCN(C(=O)[C@@H]2CC(=O)NC(C)(C)C(=O)N[C@H](C(C)C)C(=O)N[C@@H](C)COc3ccccc3C(=O)N2)CC1. The monoisotopic (exact) mass is 572 g/mol. The van der Waals surface area contributed by atoms with Crippen molar-refractivity contribution >= 4 is 29.5 Å². The van der Waals surface area contributed by atoms with Gasteiger partial charge in [0.25, 0.3) is 5.91 Å². The lowest BCUT2D eigenvalue weighted by Gasteiger charge is -2.36. The molecule has 12 heteroatoms. The first-order valence-electron chi connectivity index (χ1n) is 14.3. The third-order valence-electron chi connectivity index (χ3n) is 7.39. The van der Waals surface area contributed by atoms with E-state index in [4.69, 9.17) is 4.74 Å². The van der Waals surface area contributed by atoms with E-state index >= 15 is 0 Å². The second-order valence-corrected chi connectivity index (χ2v) is 11.6. The van der Waals surface area contributed by atoms with Gasteiger partial charge >= 0.3 is 0 Å². The second-order valence-electron chi connectivity index (χ2n) is 11.6. The van der Waals surface area contributed by atoms with Crippen LogP contribution in [-0.4, -0.2) is 102 Å². The zero-order chi connectivity index (χ0) is 30.3. The Morgan fingerprint density at radius 3 is 2.32 bits per heavy atom. The van der Waals surface area contributed by atoms with Gasteiger partial charge in [-0.2, -0.15) is 0 Å². The minimum absolute atomic E-state index is 0.0599. The number of likely N-dealkylation sites (N-methyl/N-ethyl adjacent to an activating group) is 1. The number of benzene rings is 1. The normalized spacial score (nSPS) is 25.1. The topological polar surface area (TPSA) is 149 Å². The number of amides is 5. The molecule has 0 bridgehead atoms. The molecule has 0 unspecified atom stereocenters. The number of ether oxygens (including phenoxy) is 1. The highest BCUT2D eigenvalue weighted by Gasteiger charge is 2.37. The predicted octanol–water partition coefficient (Wildman–Crippen LogP) is 0.272. The fourth-order valence-corrected chi connectivity index (χ4v) is 4.81. The lowest BCUT2D eigenvalue weighted by atomic mass is 9.98. The summed E-state index contributed by atoms with van der Waals surface area (Å²) in [7, 11) is 0. The van der Waals surface area contributed by atoms with Gasteiger partial charge in [-0.25, -0.2) is 0 Å². The third-order valence-corrected chi connectivity index (χ3v) is 7.39. The number of rotatable bonds is 3. The molecule has 1 aromatic carbocycles. The van der Waals surface area contributed by atoms with Crippen LogP contribution in [-0.2, 0) is 19.2 Å². The zero-order valence-corrected chi connectivity index (χ0v) is 24.9. The summed E-state index contributed by atoms with van der Waals surface area (Å²) >= 11 is 0. The van der Waals surface area contributed by atoms with E-state index in [1.165, 1.54) is 13.8 Å². The van der Waals surface area contributed by atoms with Gasteiger partial charge in [0.1, 0.15) is 30.0 Å². The molecule has 2 heterocycles. The summed E-state index contributed by atoms with van der Waals surface area (Å²) in [6.07, 6.45) is -0.372. The van der Waals surface area contributed by atoms with Crippen molar-refractivity contribution in [2.24, 2.45) is 5.92 Å². The quantitative estimate of drug-likeness (QED) is 0.406. The lowest BCUT2D eigenvalue weighted by Crippen LogP contribution is -2.61. The van der Waals surface area contributed by atoms with Gasteiger partial charge in [-0.1, -0.05) is 32.9 Å². The van der Waals surface area contributed by atoms with Crippen LogP contribution < -0.4 is 26.0 Å². The molecule has 2 aliphatic rings. The number of para-hydroxylation sites is 1. The fourth-order valence-electron chi connectivity index (χ4n) is 4.81. The Morgan fingerprint density at radius 1 is 1.02 bits per heavy atom. The Balaban J connectivity index is 1.94. The van der Waals surface area contributed by atoms with Crippen molar-refractivity contribution in [3.05, 3.63) is 29.8 Å². The molecule has 3 rings (SSSR count). The molecule has 1 fully saturated rings. The van der Waals surface area contributed by atoms with Crippen LogP contribution >= 0.6 is 0 Å². The summed E-state index contributed by atoms with van der Waals surface area (Å²) in [5.74, 6) is -2.44. The van der Waals surface area contributed by atoms with Crippen molar-refractivity contribution in [1.82, 2.24) is 31.1 Å². The summed E-state index contributed by atoms with van der Waals surface area (Å²) in [5, 5.41) is 11.0. The van der Waals surface area contributed by atoms with E-state index in [0.717, 1.165) is 6.54 Å². The Bertz CT molecular complexity index is 1130. The number of nitrogens with zero attached hydrogens (tertiary/aromatic N) is 2. The molecule has 0 spiro atoms. The van der Waals surface area contributed by atoms with Crippen molar-refractivity contribution in [3.63, 3.8) is 0 Å². The number of piperazine rings is 1. The Kier molecular flexibility index (Phi) is 10.7. The molecule has 41 heavy (non-hydrogen) atoms. The average Bonchev–Trinajstić information content (AvgIpc) is 2.93. The predicted molar refractivity (Wildman–Crippen MR) is 153 cm³/mol. The highest BCUT2D eigenvalue weighted by atomic mass is 16.5. The van der Waals surface area contributed by atoms with Crippen molar-refractivity contribution in [1.29, 1.82) is 0 Å². The van der Waals surface area contributed by atoms with E-state index in [0.29, 0.717) is 26.2 Å². The lowest BCUT2D eigenvalue weighted by molar-refractivity contribution is -0.139. The van der Waals surface area contributed by atoms with Gasteiger partial charge < -0.3 is 35.8 Å². The molecular weight excluding hydrogens is 528 g/mol. The molecule has 3 atom stereocenters. The standard InChI is InChI=1S/C29H44N6O6/c1-7-34-12-14-35(15-13-34)27(39)21-16-23(36)33-29(5,6)28(40)32-24(18(2)3)26(38)30-19(4)17-41-22-11-9-8-10-20(22)25(37)31-21/h8-11,18-19,21,24H,7,12-17H2,1-6H3,(H,30,38)(H,31,37)(H,32,40)(H,33,36)/t19-,21-,24+/m0/s1. The number of carbonyl (C=O) groups excluding carboxylic acids is 5. The largest absolute Gasteiger partial charge is 0.491 e. The molecule has 0 aromatic heterocycles. The van der Waals surface area contributed by atoms with Crippen molar-refractivity contribution < 1.29 is 28.7 Å². The van der Waals surface area contributed by atoms with Crippen LogP contribution in [0.2, 0.25) is 0 Å². The van der Waals surface area contributed by atoms with Gasteiger partial charge in [0.2, 0.25) is 23.6 Å². The van der Waals surface area contributed by atoms with Crippen LogP contribution in [0.3, 0.4) is 0 Å². The van der Waals surface area contributed by atoms with E-state index in [2.05, 4.69) is 33.1 Å². The Labute approximate surface area is 241 Å². The second kappa shape index (κ2) is 13.8. The molecule has 2 aliphatic heterocycles. The maximum absolute atomic E-state index is 13.6. The van der Waals surface area contributed by atoms with Crippen molar-refractivity contribution in [2.75, 3.05) is 39.3 Å². The highest BCUT2D eigenvalue weighted by Crippen LogP contribution is 2.19. The van der Waals surface area contributed by atoms with E-state index in [9.17, 15) is 24.0 Å². The minimum atomic E-state index is -1.40. The number of nitrogens with one attached hydrogen (secondary N) is 4. The zero-order valence-electron chi connectivity index (χ0n) is 24.9. The van der Waals surface area contributed by atoms with Gasteiger partial charge in [0.05, 0.1) is 18.0 Å². The Hall–Kier alpha value is -3.67. The molecule has 0 aliphatic carbocycles. The first-order valence-corrected chi connectivity index (χ1v) is 14.3. The van der Waals surface area contributed by atoms with Gasteiger partial charge in [0.15, 0.2) is 0 Å². The molecule has 4 N–H and O–H groups in total. The van der Waals surface area contributed by atoms with Crippen LogP contribution in [0, 0.1) is 5.92 Å². The molecule has 226 valence electrons. The average molecular weight is 573 g/mol. The van der Waals surface area contributed by atoms with Crippen LogP contribution in [0.1, 0.15) is 58.3 Å². The number of carbonyl (C=O) groups is 5. The summed E-state index contributed by atoms with van der Waals surface area (Å²) < 4.78 is 5.91. The molecule has 1 aromatic rings. The van der Waals surface area contributed by atoms with Crippen molar-refractivity contribution in [2.45, 2.75) is 71.6 Å². The smallest absolute Gasteiger partial charge is 0.255 e. The molecule has 0 saturated carbocycles. The fraction of sp³-hybridized carbons (Fsp3) is 0.621. The molecule has 12 nitrogen and oxygen atoms in total. The summed E-state index contributed by atoms with van der Waals surface area (Å²) in [6, 6.07) is 4.13. The van der Waals surface area contributed by atoms with Gasteiger partial charge in [-0.3, -0.25) is 24.0 Å². The van der Waals surface area contributed by atoms with Gasteiger partial charge in [0, 0.05) is 26.2 Å². The van der Waals surface area contributed by atoms with Gasteiger partial charge in [-0.05, 0) is 45.4 Å². The molecule has 0 radical (unpaired) electrons. The van der Waals surface area contributed by atoms with E-state index < -0.39 is 47.3 Å². The van der Waals surface area contributed by atoms with Crippen LogP contribution in [0.25, 0.3) is 0 Å². The summed E-state index contributed by atoms with van der Waals surface area (Å²) in [6.45, 7) is 13.7. The van der Waals surface area contributed by atoms with E-state index in [1.807, 2.05) is 13.8 Å². The van der Waals surface area contributed by atoms with E-state index in [-0.39, 0.29) is 36.2 Å². The highest BCUT2D eigenvalue weighted by molar-refractivity contribution is 6.01. The molecular formula is C29H44N6O6. The Morgan fingerprint density at radius 2 is 1.68 bits per heavy atom. The number of fused-ring (bicyclic) bond motifs is 1.